The number of nitrogens with zero attached hydrogens (tertiary/aromatic N) is 1. The van der Waals surface area contributed by atoms with Gasteiger partial charge in [0, 0.05) is 6.54 Å². The van der Waals surface area contributed by atoms with Gasteiger partial charge in [-0.3, -0.25) is 9.13 Å². The zero-order valence-corrected chi connectivity index (χ0v) is 18.6. The highest BCUT2D eigenvalue weighted by molar-refractivity contribution is 7.60. The van der Waals surface area contributed by atoms with Crippen LogP contribution in [0.3, 0.4) is 0 Å². The summed E-state index contributed by atoms with van der Waals surface area (Å²) >= 11 is 0. The Morgan fingerprint density at radius 1 is 0.967 bits per heavy atom. The largest absolute Gasteiger partial charge is 0.353 e. The average molecular weight is 451 g/mol. The number of hydrogen-bond acceptors (Lipinski definition) is 4. The fourth-order valence-electron chi connectivity index (χ4n) is 3.60. The Kier molecular flexibility index (Phi) is 7.48. The highest BCUT2D eigenvalue weighted by Gasteiger charge is 2.46. The van der Waals surface area contributed by atoms with Crippen molar-refractivity contribution >= 4 is 21.3 Å². The summed E-state index contributed by atoms with van der Waals surface area (Å²) < 4.78 is 30.1. The second-order valence-electron chi connectivity index (χ2n) is 7.47. The van der Waals surface area contributed by atoms with Gasteiger partial charge in [0.15, 0.2) is 0 Å². The zero-order valence-electron chi connectivity index (χ0n) is 16.8. The van der Waals surface area contributed by atoms with Crippen LogP contribution in [0.15, 0.2) is 59.9 Å². The first-order valence-corrected chi connectivity index (χ1v) is 13.0. The van der Waals surface area contributed by atoms with Crippen LogP contribution in [-0.4, -0.2) is 39.8 Å². The van der Waals surface area contributed by atoms with Gasteiger partial charge in [0.05, 0.1) is 11.9 Å². The minimum atomic E-state index is -4.70. The number of unbranched alkanes of at least 4 members (excludes halogenated alkanes) is 1. The summed E-state index contributed by atoms with van der Waals surface area (Å²) in [5, 5.41) is -0.364. The molecule has 0 amide bonds. The van der Waals surface area contributed by atoms with Crippen LogP contribution in [0.5, 0.6) is 0 Å². The molecule has 3 N–H and O–H groups in total. The minimum absolute atomic E-state index is 0.0417. The number of hydrogen-bond donors (Lipinski definition) is 3. The van der Waals surface area contributed by atoms with Crippen LogP contribution < -0.4 is 0 Å². The van der Waals surface area contributed by atoms with Gasteiger partial charge < -0.3 is 24.1 Å². The molecule has 0 saturated heterocycles. The molecule has 2 aromatic rings. The SMILES string of the molecule is CN(CCCCOP(=O)(O)C1C(P(=O)(O)O)=Cc2ccccc21)Cc1ccccc1. The third-order valence-corrected chi connectivity index (χ3v) is 8.07. The number of rotatable bonds is 10. The summed E-state index contributed by atoms with van der Waals surface area (Å²) in [4.78, 5) is 32.0. The normalized spacial score (nSPS) is 18.2. The fourth-order valence-corrected chi connectivity index (χ4v) is 6.79. The van der Waals surface area contributed by atoms with Crippen molar-refractivity contribution in [3.8, 4) is 0 Å². The quantitative estimate of drug-likeness (QED) is 0.364. The lowest BCUT2D eigenvalue weighted by Gasteiger charge is -2.23. The van der Waals surface area contributed by atoms with Crippen LogP contribution in [0.4, 0.5) is 0 Å². The molecule has 2 unspecified atom stereocenters. The molecule has 9 heteroatoms. The maximum absolute atomic E-state index is 12.9. The summed E-state index contributed by atoms with van der Waals surface area (Å²) in [6, 6.07) is 16.7. The van der Waals surface area contributed by atoms with E-state index in [0.717, 1.165) is 19.5 Å². The fraction of sp³-hybridized carbons (Fsp3) is 0.333. The minimum Gasteiger partial charge on any atom is -0.324 e. The van der Waals surface area contributed by atoms with Crippen LogP contribution >= 0.6 is 15.2 Å². The van der Waals surface area contributed by atoms with Crippen molar-refractivity contribution in [2.45, 2.75) is 25.0 Å². The van der Waals surface area contributed by atoms with Crippen molar-refractivity contribution < 1.29 is 28.3 Å². The van der Waals surface area contributed by atoms with Gasteiger partial charge in [0.2, 0.25) is 0 Å². The summed E-state index contributed by atoms with van der Waals surface area (Å²) in [5.41, 5.74) is 0.813. The van der Waals surface area contributed by atoms with Gasteiger partial charge in [-0.25, -0.2) is 0 Å². The maximum Gasteiger partial charge on any atom is 0.353 e. The van der Waals surface area contributed by atoms with Crippen molar-refractivity contribution in [3.63, 3.8) is 0 Å². The second kappa shape index (κ2) is 9.71. The highest BCUT2D eigenvalue weighted by atomic mass is 31.2. The third kappa shape index (κ3) is 5.77. The average Bonchev–Trinajstić information content (AvgIpc) is 3.09. The van der Waals surface area contributed by atoms with E-state index >= 15 is 0 Å². The van der Waals surface area contributed by atoms with E-state index in [0.29, 0.717) is 17.5 Å². The summed E-state index contributed by atoms with van der Waals surface area (Å²) in [5.74, 6) is 0. The summed E-state index contributed by atoms with van der Waals surface area (Å²) in [6.07, 6.45) is 2.63. The van der Waals surface area contributed by atoms with Crippen LogP contribution in [0.2, 0.25) is 0 Å². The Bertz CT molecular complexity index is 988. The predicted octanol–water partition coefficient (Wildman–Crippen LogP) is 4.37. The van der Waals surface area contributed by atoms with E-state index in [-0.39, 0.29) is 11.9 Å². The molecule has 0 heterocycles. The molecule has 0 radical (unpaired) electrons. The van der Waals surface area contributed by atoms with Crippen LogP contribution in [0, 0.1) is 0 Å². The standard InChI is InChI=1S/C21H27NO6P2/c1-22(16-17-9-3-2-4-10-17)13-7-8-14-28-30(26,27)21-19-12-6-5-11-18(19)15-20(21)29(23,24)25/h2-6,9-12,15,21H,7-8,13-14,16H2,1H3,(H,26,27)(H2,23,24,25). The molecule has 2 aromatic carbocycles. The Morgan fingerprint density at radius 3 is 2.33 bits per heavy atom. The number of benzene rings is 2. The van der Waals surface area contributed by atoms with Gasteiger partial charge in [-0.2, -0.15) is 0 Å². The van der Waals surface area contributed by atoms with Crippen molar-refractivity contribution in [2.75, 3.05) is 20.2 Å². The van der Waals surface area contributed by atoms with E-state index in [4.69, 9.17) is 4.52 Å². The molecule has 7 nitrogen and oxygen atoms in total. The number of fused-ring (bicyclic) bond motifs is 1. The molecule has 2 atom stereocenters. The summed E-state index contributed by atoms with van der Waals surface area (Å²) in [7, 11) is -7.00. The smallest absolute Gasteiger partial charge is 0.324 e. The number of allylic oxidation sites excluding steroid dienone is 1. The van der Waals surface area contributed by atoms with Gasteiger partial charge in [0.1, 0.15) is 5.66 Å². The Balaban J connectivity index is 1.54. The van der Waals surface area contributed by atoms with E-state index < -0.39 is 20.9 Å². The lowest BCUT2D eigenvalue weighted by molar-refractivity contribution is 0.238. The molecule has 0 fully saturated rings. The van der Waals surface area contributed by atoms with Crippen LogP contribution in [0.1, 0.15) is 35.2 Å². The molecule has 162 valence electrons. The Hall–Kier alpha value is -1.56. The molecular weight excluding hydrogens is 424 g/mol. The van der Waals surface area contributed by atoms with Crippen molar-refractivity contribution in [2.24, 2.45) is 0 Å². The van der Waals surface area contributed by atoms with Crippen molar-refractivity contribution in [1.29, 1.82) is 0 Å². The molecule has 3 rings (SSSR count). The van der Waals surface area contributed by atoms with Crippen molar-refractivity contribution in [3.05, 3.63) is 76.6 Å². The highest BCUT2D eigenvalue weighted by Crippen LogP contribution is 2.70. The zero-order chi connectivity index (χ0) is 21.8. The lowest BCUT2D eigenvalue weighted by Crippen LogP contribution is -2.19. The summed E-state index contributed by atoms with van der Waals surface area (Å²) in [6.45, 7) is 1.66. The van der Waals surface area contributed by atoms with Gasteiger partial charge in [0.25, 0.3) is 0 Å². The van der Waals surface area contributed by atoms with Crippen molar-refractivity contribution in [1.82, 2.24) is 4.90 Å². The van der Waals surface area contributed by atoms with Gasteiger partial charge in [-0.05, 0) is 49.2 Å². The first-order chi connectivity index (χ1) is 14.2. The van der Waals surface area contributed by atoms with Gasteiger partial charge in [-0.15, -0.1) is 0 Å². The third-order valence-electron chi connectivity index (χ3n) is 5.04. The first kappa shape index (κ1) is 23.1. The molecular formula is C21H27NO6P2. The molecule has 0 aliphatic heterocycles. The van der Waals surface area contributed by atoms with Crippen LogP contribution in [0.25, 0.3) is 6.08 Å². The van der Waals surface area contributed by atoms with Crippen LogP contribution in [-0.2, 0) is 20.2 Å². The maximum atomic E-state index is 12.9. The van der Waals surface area contributed by atoms with E-state index in [1.807, 2.05) is 25.2 Å². The molecule has 0 bridgehead atoms. The molecule has 0 saturated carbocycles. The Labute approximate surface area is 176 Å². The van der Waals surface area contributed by atoms with Gasteiger partial charge >= 0.3 is 15.2 Å². The van der Waals surface area contributed by atoms with E-state index in [2.05, 4.69) is 17.0 Å². The topological polar surface area (TPSA) is 107 Å². The molecule has 1 aliphatic carbocycles. The lowest BCUT2D eigenvalue weighted by atomic mass is 10.1. The molecule has 0 spiro atoms. The predicted molar refractivity (Wildman–Crippen MR) is 117 cm³/mol. The molecule has 0 aromatic heterocycles. The van der Waals surface area contributed by atoms with E-state index in [1.165, 1.54) is 11.6 Å². The van der Waals surface area contributed by atoms with E-state index in [9.17, 15) is 23.8 Å². The second-order valence-corrected chi connectivity index (χ2v) is 11.0. The monoisotopic (exact) mass is 451 g/mol. The molecule has 1 aliphatic rings. The first-order valence-electron chi connectivity index (χ1n) is 9.74. The Morgan fingerprint density at radius 2 is 1.63 bits per heavy atom. The molecule has 30 heavy (non-hydrogen) atoms. The van der Waals surface area contributed by atoms with E-state index in [1.54, 1.807) is 24.3 Å². The van der Waals surface area contributed by atoms with Gasteiger partial charge in [-0.1, -0.05) is 54.6 Å².